The number of benzene rings is 1. The fourth-order valence-corrected chi connectivity index (χ4v) is 3.96. The van der Waals surface area contributed by atoms with Crippen LogP contribution in [-0.2, 0) is 0 Å². The number of hydrogen-bond acceptors (Lipinski definition) is 4. The molecule has 1 saturated heterocycles. The predicted octanol–water partition coefficient (Wildman–Crippen LogP) is 3.27. The van der Waals surface area contributed by atoms with E-state index in [4.69, 9.17) is 0 Å². The summed E-state index contributed by atoms with van der Waals surface area (Å²) >= 11 is 1.51. The topological polar surface area (TPSA) is 53.4 Å². The molecule has 2 heterocycles. The molecule has 1 aromatic heterocycles. The van der Waals surface area contributed by atoms with Gasteiger partial charge in [-0.25, -0.2) is 4.98 Å². The number of aryl methyl sites for hydroxylation is 2. The van der Waals surface area contributed by atoms with E-state index in [1.807, 2.05) is 5.38 Å². The number of rotatable bonds is 3. The van der Waals surface area contributed by atoms with Crippen LogP contribution in [0.15, 0.2) is 23.6 Å². The predicted molar refractivity (Wildman–Crippen MR) is 92.7 cm³/mol. The van der Waals surface area contributed by atoms with E-state index in [0.717, 1.165) is 17.0 Å². The molecule has 1 N–H and O–H groups in total. The molecule has 1 fully saturated rings. The number of aliphatic hydroxyl groups excluding tert-OH is 1. The maximum Gasteiger partial charge on any atom is 0.273 e. The van der Waals surface area contributed by atoms with Crippen molar-refractivity contribution in [3.8, 4) is 10.6 Å². The minimum atomic E-state index is -0.367. The van der Waals surface area contributed by atoms with E-state index in [0.29, 0.717) is 18.8 Å². The Labute approximate surface area is 140 Å². The van der Waals surface area contributed by atoms with Crippen molar-refractivity contribution in [3.05, 3.63) is 40.4 Å². The fraction of sp³-hybridized carbons (Fsp3) is 0.444. The van der Waals surface area contributed by atoms with Crippen LogP contribution >= 0.6 is 11.3 Å². The van der Waals surface area contributed by atoms with E-state index >= 15 is 0 Å². The van der Waals surface area contributed by atoms with E-state index in [1.165, 1.54) is 22.5 Å². The SMILES string of the molecule is Cc1ccc(-c2nc(C(=O)N3CCC(C(C)O)C3)cs2)c(C)c1. The van der Waals surface area contributed by atoms with Crippen LogP contribution in [0.25, 0.3) is 10.6 Å². The van der Waals surface area contributed by atoms with Gasteiger partial charge in [0.2, 0.25) is 0 Å². The molecule has 0 aliphatic carbocycles. The second kappa shape index (κ2) is 6.42. The third-order valence-corrected chi connectivity index (χ3v) is 5.41. The van der Waals surface area contributed by atoms with Gasteiger partial charge in [0.15, 0.2) is 0 Å². The number of likely N-dealkylation sites (tertiary alicyclic amines) is 1. The van der Waals surface area contributed by atoms with Crippen molar-refractivity contribution in [2.75, 3.05) is 13.1 Å². The monoisotopic (exact) mass is 330 g/mol. The number of nitrogens with zero attached hydrogens (tertiary/aromatic N) is 2. The van der Waals surface area contributed by atoms with Gasteiger partial charge < -0.3 is 10.0 Å². The Kier molecular flexibility index (Phi) is 4.50. The zero-order valence-corrected chi connectivity index (χ0v) is 14.6. The summed E-state index contributed by atoms with van der Waals surface area (Å²) in [6.45, 7) is 7.25. The van der Waals surface area contributed by atoms with Crippen LogP contribution in [0.5, 0.6) is 0 Å². The second-order valence-electron chi connectivity index (χ2n) is 6.40. The van der Waals surface area contributed by atoms with Crippen LogP contribution in [-0.4, -0.2) is 40.1 Å². The number of carbonyl (C=O) groups is 1. The molecule has 2 atom stereocenters. The van der Waals surface area contributed by atoms with E-state index in [9.17, 15) is 9.90 Å². The molecule has 0 bridgehead atoms. The van der Waals surface area contributed by atoms with Crippen molar-refractivity contribution in [3.63, 3.8) is 0 Å². The van der Waals surface area contributed by atoms with Gasteiger partial charge in [-0.15, -0.1) is 11.3 Å². The van der Waals surface area contributed by atoms with Gasteiger partial charge in [0.1, 0.15) is 10.7 Å². The van der Waals surface area contributed by atoms with Crippen LogP contribution in [0.3, 0.4) is 0 Å². The summed E-state index contributed by atoms with van der Waals surface area (Å²) in [5.74, 6) is 0.150. The minimum absolute atomic E-state index is 0.0274. The Morgan fingerprint density at radius 1 is 1.43 bits per heavy atom. The highest BCUT2D eigenvalue weighted by molar-refractivity contribution is 7.13. The first kappa shape index (κ1) is 16.1. The largest absolute Gasteiger partial charge is 0.393 e. The van der Waals surface area contributed by atoms with E-state index < -0.39 is 0 Å². The highest BCUT2D eigenvalue weighted by Crippen LogP contribution is 2.29. The zero-order chi connectivity index (χ0) is 16.6. The molecule has 1 aliphatic heterocycles. The van der Waals surface area contributed by atoms with Gasteiger partial charge in [-0.2, -0.15) is 0 Å². The molecule has 2 unspecified atom stereocenters. The normalized spacial score (nSPS) is 19.1. The maximum absolute atomic E-state index is 12.6. The van der Waals surface area contributed by atoms with Gasteiger partial charge >= 0.3 is 0 Å². The van der Waals surface area contributed by atoms with Crippen molar-refractivity contribution >= 4 is 17.2 Å². The quantitative estimate of drug-likeness (QED) is 0.940. The summed E-state index contributed by atoms with van der Waals surface area (Å²) in [5, 5.41) is 12.4. The van der Waals surface area contributed by atoms with Crippen molar-refractivity contribution in [1.29, 1.82) is 0 Å². The molecule has 5 heteroatoms. The lowest BCUT2D eigenvalue weighted by Crippen LogP contribution is -2.30. The van der Waals surface area contributed by atoms with Gasteiger partial charge in [0.05, 0.1) is 6.10 Å². The Morgan fingerprint density at radius 2 is 2.22 bits per heavy atom. The molecule has 0 spiro atoms. The lowest BCUT2D eigenvalue weighted by Gasteiger charge is -2.16. The number of carbonyl (C=O) groups excluding carboxylic acids is 1. The average Bonchev–Trinajstić information content (AvgIpc) is 3.16. The summed E-state index contributed by atoms with van der Waals surface area (Å²) in [7, 11) is 0. The summed E-state index contributed by atoms with van der Waals surface area (Å²) in [6, 6.07) is 6.27. The van der Waals surface area contributed by atoms with Crippen LogP contribution in [0, 0.1) is 19.8 Å². The molecule has 1 aliphatic rings. The van der Waals surface area contributed by atoms with Crippen molar-refractivity contribution in [1.82, 2.24) is 9.88 Å². The summed E-state index contributed by atoms with van der Waals surface area (Å²) in [5.41, 5.74) is 3.99. The highest BCUT2D eigenvalue weighted by Gasteiger charge is 2.30. The zero-order valence-electron chi connectivity index (χ0n) is 13.7. The first-order chi connectivity index (χ1) is 11.0. The Balaban J connectivity index is 1.78. The molecule has 23 heavy (non-hydrogen) atoms. The van der Waals surface area contributed by atoms with Crippen molar-refractivity contribution in [2.24, 2.45) is 5.92 Å². The van der Waals surface area contributed by atoms with Gasteiger partial charge in [-0.1, -0.05) is 23.8 Å². The van der Waals surface area contributed by atoms with Crippen molar-refractivity contribution in [2.45, 2.75) is 33.3 Å². The van der Waals surface area contributed by atoms with E-state index in [1.54, 1.807) is 11.8 Å². The van der Waals surface area contributed by atoms with Gasteiger partial charge in [-0.3, -0.25) is 4.79 Å². The molecule has 1 aromatic carbocycles. The van der Waals surface area contributed by atoms with Gasteiger partial charge in [0.25, 0.3) is 5.91 Å². The third-order valence-electron chi connectivity index (χ3n) is 4.53. The summed E-state index contributed by atoms with van der Waals surface area (Å²) in [4.78, 5) is 18.9. The number of amides is 1. The molecule has 0 radical (unpaired) electrons. The Hall–Kier alpha value is -1.72. The lowest BCUT2D eigenvalue weighted by molar-refractivity contribution is 0.0757. The van der Waals surface area contributed by atoms with Gasteiger partial charge in [0, 0.05) is 30.0 Å². The van der Waals surface area contributed by atoms with Gasteiger partial charge in [-0.05, 0) is 32.8 Å². The molecule has 122 valence electrons. The summed E-state index contributed by atoms with van der Waals surface area (Å²) < 4.78 is 0. The molecule has 0 saturated carbocycles. The molecule has 4 nitrogen and oxygen atoms in total. The minimum Gasteiger partial charge on any atom is -0.393 e. The standard InChI is InChI=1S/C18H22N2O2S/c1-11-4-5-15(12(2)8-11)17-19-16(10-23-17)18(22)20-7-6-14(9-20)13(3)21/h4-5,8,10,13-14,21H,6-7,9H2,1-3H3. The van der Waals surface area contributed by atoms with Crippen LogP contribution in [0.2, 0.25) is 0 Å². The first-order valence-electron chi connectivity index (χ1n) is 7.96. The number of aromatic nitrogens is 1. The smallest absolute Gasteiger partial charge is 0.273 e. The maximum atomic E-state index is 12.6. The molecule has 1 amide bonds. The average molecular weight is 330 g/mol. The highest BCUT2D eigenvalue weighted by atomic mass is 32.1. The Morgan fingerprint density at radius 3 is 2.87 bits per heavy atom. The lowest BCUT2D eigenvalue weighted by atomic mass is 10.0. The van der Waals surface area contributed by atoms with E-state index in [-0.39, 0.29) is 17.9 Å². The summed E-state index contributed by atoms with van der Waals surface area (Å²) in [6.07, 6.45) is 0.492. The Bertz CT molecular complexity index is 724. The molecular formula is C18H22N2O2S. The molecule has 2 aromatic rings. The number of thiazole rings is 1. The van der Waals surface area contributed by atoms with Crippen LogP contribution in [0.4, 0.5) is 0 Å². The number of hydrogen-bond donors (Lipinski definition) is 1. The van der Waals surface area contributed by atoms with E-state index in [2.05, 4.69) is 37.0 Å². The third kappa shape index (κ3) is 3.31. The fourth-order valence-electron chi connectivity index (χ4n) is 3.08. The first-order valence-corrected chi connectivity index (χ1v) is 8.84. The molecular weight excluding hydrogens is 308 g/mol. The molecule has 3 rings (SSSR count). The van der Waals surface area contributed by atoms with Crippen molar-refractivity contribution < 1.29 is 9.90 Å². The van der Waals surface area contributed by atoms with Crippen LogP contribution < -0.4 is 0 Å². The second-order valence-corrected chi connectivity index (χ2v) is 7.25. The number of aliphatic hydroxyl groups is 1. The van der Waals surface area contributed by atoms with Crippen LogP contribution in [0.1, 0.15) is 35.0 Å².